The zero-order chi connectivity index (χ0) is 17.8. The highest BCUT2D eigenvalue weighted by Crippen LogP contribution is 2.32. The fourth-order valence-electron chi connectivity index (χ4n) is 2.38. The van der Waals surface area contributed by atoms with E-state index in [1.807, 2.05) is 24.3 Å². The maximum atomic E-state index is 6.24. The Kier molecular flexibility index (Phi) is 5.63. The molecule has 0 aliphatic carbocycles. The van der Waals surface area contributed by atoms with Crippen LogP contribution in [0.1, 0.15) is 29.5 Å². The summed E-state index contributed by atoms with van der Waals surface area (Å²) in [6.45, 7) is 0.644. The van der Waals surface area contributed by atoms with E-state index in [1.54, 1.807) is 13.2 Å². The number of pyridine rings is 1. The molecule has 2 N–H and O–H groups in total. The maximum absolute atomic E-state index is 6.24. The maximum Gasteiger partial charge on any atom is 0.175 e. The van der Waals surface area contributed by atoms with Crippen molar-refractivity contribution in [2.75, 3.05) is 12.8 Å². The Morgan fingerprint density at radius 1 is 1.24 bits per heavy atom. The Morgan fingerprint density at radius 2 is 2.00 bits per heavy atom. The van der Waals surface area contributed by atoms with E-state index in [2.05, 4.69) is 10.1 Å². The van der Waals surface area contributed by atoms with Gasteiger partial charge in [-0.05, 0) is 23.8 Å². The first-order valence-corrected chi connectivity index (χ1v) is 8.36. The van der Waals surface area contributed by atoms with E-state index in [0.29, 0.717) is 40.3 Å². The van der Waals surface area contributed by atoms with Crippen LogP contribution in [0, 0.1) is 0 Å². The number of hydrogen-bond acceptors (Lipinski definition) is 6. The third-order valence-electron chi connectivity index (χ3n) is 3.70. The van der Waals surface area contributed by atoms with Crippen molar-refractivity contribution in [1.82, 2.24) is 4.98 Å². The first-order valence-electron chi connectivity index (χ1n) is 7.60. The van der Waals surface area contributed by atoms with Crippen molar-refractivity contribution < 1.29 is 14.3 Å². The molecule has 8 heteroatoms. The second kappa shape index (κ2) is 7.91. The molecule has 6 nitrogen and oxygen atoms in total. The number of benzene rings is 1. The van der Waals surface area contributed by atoms with Gasteiger partial charge in [0.05, 0.1) is 42.4 Å². The smallest absolute Gasteiger partial charge is 0.175 e. The second-order valence-electron chi connectivity index (χ2n) is 5.50. The Hall–Kier alpha value is -2.02. The van der Waals surface area contributed by atoms with Crippen LogP contribution >= 0.6 is 23.2 Å². The number of methoxy groups -OCH3 is 1. The molecule has 2 heterocycles. The topological polar surface area (TPSA) is 79.0 Å². The van der Waals surface area contributed by atoms with Gasteiger partial charge in [0.15, 0.2) is 6.10 Å². The number of oxime groups is 1. The molecule has 1 unspecified atom stereocenters. The Bertz CT molecular complexity index is 781. The lowest BCUT2D eigenvalue weighted by Gasteiger charge is -2.13. The standard InChI is InChI=1S/C17H17Cl2N3O3/c1-23-11-4-2-10(3-5-11)8-24-9-14-17(19)12(20)6-13(21-14)15-7-16(18)22-25-15/h2-6,15H,7-9H2,1H3,(H2,20,21). The number of aromatic nitrogens is 1. The van der Waals surface area contributed by atoms with Crippen LogP contribution in [0.25, 0.3) is 0 Å². The number of nitrogens with zero attached hydrogens (tertiary/aromatic N) is 2. The minimum Gasteiger partial charge on any atom is -0.497 e. The zero-order valence-electron chi connectivity index (χ0n) is 13.5. The Balaban J connectivity index is 1.65. The minimum absolute atomic E-state index is 0.226. The summed E-state index contributed by atoms with van der Waals surface area (Å²) in [7, 11) is 1.63. The summed E-state index contributed by atoms with van der Waals surface area (Å²) in [5.74, 6) is 0.798. The fraction of sp³-hybridized carbons (Fsp3) is 0.294. The number of nitrogens with two attached hydrogens (primary N) is 1. The van der Waals surface area contributed by atoms with E-state index in [-0.39, 0.29) is 12.7 Å². The number of hydrogen-bond donors (Lipinski definition) is 1. The van der Waals surface area contributed by atoms with Gasteiger partial charge in [-0.2, -0.15) is 0 Å². The second-order valence-corrected chi connectivity index (χ2v) is 6.32. The van der Waals surface area contributed by atoms with E-state index in [0.717, 1.165) is 11.3 Å². The van der Waals surface area contributed by atoms with E-state index < -0.39 is 0 Å². The van der Waals surface area contributed by atoms with E-state index in [4.69, 9.17) is 43.2 Å². The van der Waals surface area contributed by atoms with Crippen molar-refractivity contribution in [2.24, 2.45) is 5.16 Å². The molecule has 2 aromatic rings. The van der Waals surface area contributed by atoms with Crippen LogP contribution in [0.15, 0.2) is 35.5 Å². The average molecular weight is 382 g/mol. The van der Waals surface area contributed by atoms with Crippen molar-refractivity contribution in [3.8, 4) is 5.75 Å². The Morgan fingerprint density at radius 3 is 2.64 bits per heavy atom. The van der Waals surface area contributed by atoms with Gasteiger partial charge in [-0.3, -0.25) is 0 Å². The monoisotopic (exact) mass is 381 g/mol. The fourth-order valence-corrected chi connectivity index (χ4v) is 2.71. The molecule has 1 atom stereocenters. The number of halogens is 2. The van der Waals surface area contributed by atoms with Crippen molar-refractivity contribution in [3.05, 3.63) is 52.3 Å². The van der Waals surface area contributed by atoms with E-state index >= 15 is 0 Å². The molecule has 0 radical (unpaired) electrons. The number of anilines is 1. The summed E-state index contributed by atoms with van der Waals surface area (Å²) < 4.78 is 10.8. The van der Waals surface area contributed by atoms with Crippen molar-refractivity contribution in [3.63, 3.8) is 0 Å². The van der Waals surface area contributed by atoms with E-state index in [1.165, 1.54) is 0 Å². The molecule has 1 aliphatic rings. The molecular formula is C17H17Cl2N3O3. The van der Waals surface area contributed by atoms with Gasteiger partial charge in [-0.15, -0.1) is 0 Å². The van der Waals surface area contributed by atoms with Crippen LogP contribution in [0.4, 0.5) is 5.69 Å². The summed E-state index contributed by atoms with van der Waals surface area (Å²) >= 11 is 12.1. The van der Waals surface area contributed by atoms with Crippen LogP contribution in [0.5, 0.6) is 5.75 Å². The van der Waals surface area contributed by atoms with Crippen molar-refractivity contribution >= 4 is 34.1 Å². The lowest BCUT2D eigenvalue weighted by atomic mass is 10.1. The molecule has 25 heavy (non-hydrogen) atoms. The molecule has 0 spiro atoms. The third kappa shape index (κ3) is 4.34. The largest absolute Gasteiger partial charge is 0.497 e. The molecule has 0 saturated heterocycles. The lowest BCUT2D eigenvalue weighted by Crippen LogP contribution is -2.07. The average Bonchev–Trinajstić information content (AvgIpc) is 3.05. The third-order valence-corrected chi connectivity index (χ3v) is 4.36. The van der Waals surface area contributed by atoms with E-state index in [9.17, 15) is 0 Å². The summed E-state index contributed by atoms with van der Waals surface area (Å²) in [6, 6.07) is 9.30. The summed E-state index contributed by atoms with van der Waals surface area (Å²) in [5.41, 5.74) is 8.58. The first kappa shape index (κ1) is 17.8. The molecule has 1 aliphatic heterocycles. The quantitative estimate of drug-likeness (QED) is 0.815. The van der Waals surface area contributed by atoms with Gasteiger partial charge in [0, 0.05) is 6.42 Å². The molecule has 0 saturated carbocycles. The molecule has 1 aromatic carbocycles. The Labute approximate surface area is 155 Å². The number of ether oxygens (including phenoxy) is 2. The highest BCUT2D eigenvalue weighted by molar-refractivity contribution is 6.65. The van der Waals surface area contributed by atoms with Gasteiger partial charge in [0.1, 0.15) is 10.9 Å². The SMILES string of the molecule is COc1ccc(COCc2nc(C3CC(Cl)=NO3)cc(N)c2Cl)cc1. The van der Waals surface area contributed by atoms with Crippen molar-refractivity contribution in [1.29, 1.82) is 0 Å². The summed E-state index contributed by atoms with van der Waals surface area (Å²) in [6.07, 6.45) is 0.106. The van der Waals surface area contributed by atoms with Gasteiger partial charge in [-0.1, -0.05) is 40.5 Å². The molecule has 0 amide bonds. The molecule has 0 bridgehead atoms. The van der Waals surface area contributed by atoms with Crippen LogP contribution in [-0.2, 0) is 22.8 Å². The molecule has 1 aromatic heterocycles. The number of nitrogen functional groups attached to an aromatic ring is 1. The number of rotatable bonds is 6. The van der Waals surface area contributed by atoms with Crippen LogP contribution in [0.3, 0.4) is 0 Å². The summed E-state index contributed by atoms with van der Waals surface area (Å²) in [5, 5.41) is 4.50. The first-order chi connectivity index (χ1) is 12.1. The van der Waals surface area contributed by atoms with Crippen LogP contribution in [-0.4, -0.2) is 17.3 Å². The lowest BCUT2D eigenvalue weighted by molar-refractivity contribution is 0.0806. The van der Waals surface area contributed by atoms with Gasteiger partial charge < -0.3 is 20.0 Å². The highest BCUT2D eigenvalue weighted by Gasteiger charge is 2.24. The predicted octanol–water partition coefficient (Wildman–Crippen LogP) is 4.06. The predicted molar refractivity (Wildman–Crippen MR) is 96.9 cm³/mol. The van der Waals surface area contributed by atoms with Gasteiger partial charge in [0.25, 0.3) is 0 Å². The van der Waals surface area contributed by atoms with Gasteiger partial charge in [-0.25, -0.2) is 4.98 Å². The van der Waals surface area contributed by atoms with Crippen molar-refractivity contribution in [2.45, 2.75) is 25.7 Å². The normalized spacial score (nSPS) is 16.4. The molecule has 0 fully saturated rings. The molecule has 132 valence electrons. The van der Waals surface area contributed by atoms with Crippen LogP contribution < -0.4 is 10.5 Å². The van der Waals surface area contributed by atoms with Crippen LogP contribution in [0.2, 0.25) is 5.02 Å². The molecular weight excluding hydrogens is 365 g/mol. The minimum atomic E-state index is -0.354. The summed E-state index contributed by atoms with van der Waals surface area (Å²) in [4.78, 5) is 9.73. The highest BCUT2D eigenvalue weighted by atomic mass is 35.5. The zero-order valence-corrected chi connectivity index (χ0v) is 15.0. The van der Waals surface area contributed by atoms with Gasteiger partial charge in [0.2, 0.25) is 0 Å². The van der Waals surface area contributed by atoms with Gasteiger partial charge >= 0.3 is 0 Å². The molecule has 3 rings (SSSR count).